The van der Waals surface area contributed by atoms with Gasteiger partial charge in [0, 0.05) is 13.0 Å². The van der Waals surface area contributed by atoms with Crippen molar-refractivity contribution < 1.29 is 18.3 Å². The van der Waals surface area contributed by atoms with E-state index >= 15 is 0 Å². The average molecular weight is 200 g/mol. The summed E-state index contributed by atoms with van der Waals surface area (Å²) >= 11 is 0. The molecule has 82 valence electrons. The molecule has 0 aromatic carbocycles. The lowest BCUT2D eigenvalue weighted by molar-refractivity contribution is -0.135. The second kappa shape index (κ2) is 9.84. The van der Waals surface area contributed by atoms with Crippen molar-refractivity contribution in [3.05, 3.63) is 0 Å². The van der Waals surface area contributed by atoms with Gasteiger partial charge in [0.15, 0.2) is 0 Å². The predicted octanol–water partition coefficient (Wildman–Crippen LogP) is 3.52. The van der Waals surface area contributed by atoms with Crippen LogP contribution in [-0.4, -0.2) is 17.9 Å². The second-order valence-electron chi connectivity index (χ2n) is 2.80. The second-order valence-corrected chi connectivity index (χ2v) is 2.80. The minimum Gasteiger partial charge on any atom is -0.396 e. The Hall–Kier alpha value is -0.250. The van der Waals surface area contributed by atoms with Gasteiger partial charge in [-0.2, -0.15) is 13.2 Å². The zero-order chi connectivity index (χ0) is 10.7. The number of halogens is 3. The first-order chi connectivity index (χ1) is 5.97. The smallest absolute Gasteiger partial charge is 0.389 e. The van der Waals surface area contributed by atoms with Gasteiger partial charge in [-0.05, 0) is 12.8 Å². The fourth-order valence-electron chi connectivity index (χ4n) is 0.535. The van der Waals surface area contributed by atoms with Crippen LogP contribution < -0.4 is 0 Å². The molecule has 0 aliphatic rings. The molecule has 0 aliphatic heterocycles. The van der Waals surface area contributed by atoms with Crippen molar-refractivity contribution in [1.29, 1.82) is 0 Å². The first-order valence-electron chi connectivity index (χ1n) is 4.65. The summed E-state index contributed by atoms with van der Waals surface area (Å²) in [6.45, 7) is 4.14. The summed E-state index contributed by atoms with van der Waals surface area (Å²) in [5, 5.41) is 8.07. The summed E-state index contributed by atoms with van der Waals surface area (Å²) in [6.07, 6.45) is -1.68. The zero-order valence-corrected chi connectivity index (χ0v) is 8.32. The van der Waals surface area contributed by atoms with E-state index in [4.69, 9.17) is 5.11 Å². The Morgan fingerprint density at radius 3 is 1.54 bits per heavy atom. The minimum atomic E-state index is -3.95. The van der Waals surface area contributed by atoms with Crippen LogP contribution in [0.25, 0.3) is 0 Å². The van der Waals surface area contributed by atoms with Crippen molar-refractivity contribution >= 4 is 0 Å². The minimum absolute atomic E-state index is 0.253. The molecule has 4 heteroatoms. The van der Waals surface area contributed by atoms with Gasteiger partial charge in [-0.25, -0.2) is 0 Å². The van der Waals surface area contributed by atoms with E-state index in [0.29, 0.717) is 13.0 Å². The normalized spacial score (nSPS) is 10.6. The van der Waals surface area contributed by atoms with Crippen molar-refractivity contribution in [1.82, 2.24) is 0 Å². The number of rotatable bonds is 4. The quantitative estimate of drug-likeness (QED) is 0.736. The molecule has 1 N–H and O–H groups in total. The molecular formula is C9H19F3O. The van der Waals surface area contributed by atoms with Gasteiger partial charge in [-0.15, -0.1) is 0 Å². The van der Waals surface area contributed by atoms with Gasteiger partial charge in [0.25, 0.3) is 0 Å². The Labute approximate surface area is 78.0 Å². The van der Waals surface area contributed by atoms with E-state index in [-0.39, 0.29) is 6.42 Å². The molecule has 0 aromatic rings. The van der Waals surface area contributed by atoms with Crippen molar-refractivity contribution in [2.75, 3.05) is 6.61 Å². The molecular weight excluding hydrogens is 181 g/mol. The van der Waals surface area contributed by atoms with Gasteiger partial charge in [-0.3, -0.25) is 0 Å². The SMILES string of the molecule is CCCCC(F)(F)F.CCCCO. The van der Waals surface area contributed by atoms with Crippen molar-refractivity contribution in [3.63, 3.8) is 0 Å². The molecule has 0 radical (unpaired) electrons. The van der Waals surface area contributed by atoms with Crippen molar-refractivity contribution in [3.8, 4) is 0 Å². The first-order valence-corrected chi connectivity index (χ1v) is 4.65. The average Bonchev–Trinajstić information content (AvgIpc) is 2.02. The number of alkyl halides is 3. The van der Waals surface area contributed by atoms with Gasteiger partial charge >= 0.3 is 6.18 Å². The highest BCUT2D eigenvalue weighted by Crippen LogP contribution is 2.21. The molecule has 0 aromatic heterocycles. The van der Waals surface area contributed by atoms with Crippen LogP contribution in [0, 0.1) is 0 Å². The van der Waals surface area contributed by atoms with Crippen molar-refractivity contribution in [2.24, 2.45) is 0 Å². The first kappa shape index (κ1) is 15.2. The van der Waals surface area contributed by atoms with E-state index in [1.165, 1.54) is 0 Å². The van der Waals surface area contributed by atoms with Gasteiger partial charge in [0.1, 0.15) is 0 Å². The van der Waals surface area contributed by atoms with Crippen LogP contribution in [0.1, 0.15) is 46.0 Å². The summed E-state index contributed by atoms with van der Waals surface area (Å²) < 4.78 is 33.7. The van der Waals surface area contributed by atoms with Crippen LogP contribution in [0.5, 0.6) is 0 Å². The highest BCUT2D eigenvalue weighted by atomic mass is 19.4. The summed E-state index contributed by atoms with van der Waals surface area (Å²) in [5.41, 5.74) is 0. The Balaban J connectivity index is 0. The number of aliphatic hydroxyl groups is 1. The maximum absolute atomic E-state index is 11.2. The van der Waals surface area contributed by atoms with E-state index < -0.39 is 12.6 Å². The summed E-state index contributed by atoms with van der Waals surface area (Å²) in [4.78, 5) is 0. The molecule has 0 saturated carbocycles. The molecule has 0 heterocycles. The van der Waals surface area contributed by atoms with Crippen LogP contribution in [-0.2, 0) is 0 Å². The lowest BCUT2D eigenvalue weighted by Gasteiger charge is -2.02. The maximum atomic E-state index is 11.2. The van der Waals surface area contributed by atoms with Gasteiger partial charge in [0.2, 0.25) is 0 Å². The van der Waals surface area contributed by atoms with E-state index in [0.717, 1.165) is 12.8 Å². The van der Waals surface area contributed by atoms with E-state index in [1.807, 2.05) is 0 Å². The molecule has 0 saturated heterocycles. The lowest BCUT2D eigenvalue weighted by Crippen LogP contribution is -2.05. The van der Waals surface area contributed by atoms with Crippen LogP contribution in [0.15, 0.2) is 0 Å². The Morgan fingerprint density at radius 2 is 1.46 bits per heavy atom. The van der Waals surface area contributed by atoms with E-state index in [1.54, 1.807) is 6.92 Å². The topological polar surface area (TPSA) is 20.2 Å². The largest absolute Gasteiger partial charge is 0.396 e. The Morgan fingerprint density at radius 1 is 1.00 bits per heavy atom. The molecule has 1 nitrogen and oxygen atoms in total. The lowest BCUT2D eigenvalue weighted by atomic mass is 10.2. The zero-order valence-electron chi connectivity index (χ0n) is 8.32. The van der Waals surface area contributed by atoms with Crippen LogP contribution in [0.2, 0.25) is 0 Å². The predicted molar refractivity (Wildman–Crippen MR) is 47.6 cm³/mol. The fourth-order valence-corrected chi connectivity index (χ4v) is 0.535. The molecule has 0 spiro atoms. The number of hydrogen-bond acceptors (Lipinski definition) is 1. The number of unbranched alkanes of at least 4 members (excludes halogenated alkanes) is 2. The van der Waals surface area contributed by atoms with E-state index in [9.17, 15) is 13.2 Å². The monoisotopic (exact) mass is 200 g/mol. The number of hydrogen-bond donors (Lipinski definition) is 1. The summed E-state index contributed by atoms with van der Waals surface area (Å²) in [5.74, 6) is 0. The Bertz CT molecular complexity index is 89.4. The molecule has 0 aliphatic carbocycles. The Kier molecular flexibility index (Phi) is 11.5. The van der Waals surface area contributed by atoms with Gasteiger partial charge in [0.05, 0.1) is 0 Å². The third-order valence-electron chi connectivity index (χ3n) is 1.33. The highest BCUT2D eigenvalue weighted by Gasteiger charge is 2.25. The van der Waals surface area contributed by atoms with Gasteiger partial charge < -0.3 is 5.11 Å². The molecule has 0 fully saturated rings. The van der Waals surface area contributed by atoms with Crippen LogP contribution >= 0.6 is 0 Å². The van der Waals surface area contributed by atoms with Gasteiger partial charge in [-0.1, -0.05) is 26.7 Å². The molecule has 0 bridgehead atoms. The van der Waals surface area contributed by atoms with Crippen LogP contribution in [0.4, 0.5) is 13.2 Å². The summed E-state index contributed by atoms with van der Waals surface area (Å²) in [6, 6.07) is 0. The van der Waals surface area contributed by atoms with Crippen LogP contribution in [0.3, 0.4) is 0 Å². The standard InChI is InChI=1S/C5H9F3.C4H10O/c1-2-3-4-5(6,7)8;1-2-3-4-5/h2-4H2,1H3;5H,2-4H2,1H3. The van der Waals surface area contributed by atoms with Crippen molar-refractivity contribution in [2.45, 2.75) is 52.1 Å². The summed E-state index contributed by atoms with van der Waals surface area (Å²) in [7, 11) is 0. The molecule has 13 heavy (non-hydrogen) atoms. The third kappa shape index (κ3) is 24.5. The number of aliphatic hydroxyl groups excluding tert-OH is 1. The molecule has 0 unspecified atom stereocenters. The molecule has 0 rings (SSSR count). The molecule has 0 amide bonds. The highest BCUT2D eigenvalue weighted by molar-refractivity contribution is 4.47. The fraction of sp³-hybridized carbons (Fsp3) is 1.00. The third-order valence-corrected chi connectivity index (χ3v) is 1.33. The van der Waals surface area contributed by atoms with E-state index in [2.05, 4.69) is 6.92 Å². The maximum Gasteiger partial charge on any atom is 0.389 e. The molecule has 0 atom stereocenters.